The number of anilines is 1. The molecular weight excluding hydrogens is 249 g/mol. The molecule has 90 valence electrons. The summed E-state index contributed by atoms with van der Waals surface area (Å²) in [5.74, 6) is -0.287. The molecule has 1 N–H and O–H groups in total. The zero-order valence-corrected chi connectivity index (χ0v) is 10.8. The first kappa shape index (κ1) is 15.1. The average molecular weight is 264 g/mol. The van der Waals surface area contributed by atoms with Gasteiger partial charge >= 0.3 is 5.97 Å². The molecule has 5 heteroatoms. The van der Waals surface area contributed by atoms with Crippen molar-refractivity contribution in [2.75, 3.05) is 11.9 Å². The van der Waals surface area contributed by atoms with Crippen molar-refractivity contribution < 1.29 is 9.53 Å². The van der Waals surface area contributed by atoms with Crippen LogP contribution in [0.15, 0.2) is 24.3 Å². The molecule has 0 atom stereocenters. The summed E-state index contributed by atoms with van der Waals surface area (Å²) in [6.07, 6.45) is -0.0921. The summed E-state index contributed by atoms with van der Waals surface area (Å²) in [5, 5.41) is 3.50. The van der Waals surface area contributed by atoms with Crippen LogP contribution in [0.3, 0.4) is 0 Å². The van der Waals surface area contributed by atoms with E-state index in [0.29, 0.717) is 5.02 Å². The molecule has 0 aromatic heterocycles. The van der Waals surface area contributed by atoms with Crippen LogP contribution in [-0.4, -0.2) is 18.6 Å². The largest absolute Gasteiger partial charge is 0.462 e. The van der Waals surface area contributed by atoms with E-state index in [4.69, 9.17) is 16.3 Å². The molecule has 0 fully saturated rings. The standard InChI is InChI=1S/C11H14ClNO2.ClH/c1-8(2)15-11(14)7-13-10-6-4-3-5-9(10)12;/h3-6,8,13H,7H2,1-2H3;1H. The molecule has 1 rings (SSSR count). The third-order valence-electron chi connectivity index (χ3n) is 1.66. The van der Waals surface area contributed by atoms with E-state index in [1.54, 1.807) is 6.07 Å². The zero-order valence-electron chi connectivity index (χ0n) is 9.20. The lowest BCUT2D eigenvalue weighted by Crippen LogP contribution is -2.20. The van der Waals surface area contributed by atoms with Crippen LogP contribution in [0.2, 0.25) is 5.02 Å². The first-order valence-corrected chi connectivity index (χ1v) is 5.15. The topological polar surface area (TPSA) is 38.3 Å². The van der Waals surface area contributed by atoms with Gasteiger partial charge in [0.05, 0.1) is 16.8 Å². The van der Waals surface area contributed by atoms with Crippen molar-refractivity contribution >= 4 is 35.7 Å². The van der Waals surface area contributed by atoms with Gasteiger partial charge in [-0.2, -0.15) is 0 Å². The predicted octanol–water partition coefficient (Wildman–Crippen LogP) is 3.13. The molecule has 0 heterocycles. The number of halogens is 2. The first-order chi connectivity index (χ1) is 7.09. The fraction of sp³-hybridized carbons (Fsp3) is 0.364. The molecule has 0 aliphatic heterocycles. The molecule has 1 aromatic rings. The minimum Gasteiger partial charge on any atom is -0.462 e. The van der Waals surface area contributed by atoms with Gasteiger partial charge in [0.2, 0.25) is 0 Å². The summed E-state index contributed by atoms with van der Waals surface area (Å²) >= 11 is 5.90. The SMILES string of the molecule is CC(C)OC(=O)CNc1ccccc1Cl.Cl. The highest BCUT2D eigenvalue weighted by molar-refractivity contribution is 6.33. The fourth-order valence-electron chi connectivity index (χ4n) is 1.08. The first-order valence-electron chi connectivity index (χ1n) is 4.77. The Morgan fingerprint density at radius 1 is 1.44 bits per heavy atom. The number of carbonyl (C=O) groups is 1. The van der Waals surface area contributed by atoms with Gasteiger partial charge in [-0.15, -0.1) is 12.4 Å². The van der Waals surface area contributed by atoms with Gasteiger partial charge in [0.15, 0.2) is 0 Å². The van der Waals surface area contributed by atoms with Gasteiger partial charge < -0.3 is 10.1 Å². The Morgan fingerprint density at radius 2 is 2.06 bits per heavy atom. The van der Waals surface area contributed by atoms with Gasteiger partial charge in [-0.05, 0) is 26.0 Å². The van der Waals surface area contributed by atoms with E-state index in [-0.39, 0.29) is 31.0 Å². The minimum absolute atomic E-state index is 0. The monoisotopic (exact) mass is 263 g/mol. The van der Waals surface area contributed by atoms with E-state index in [9.17, 15) is 4.79 Å². The second-order valence-electron chi connectivity index (χ2n) is 3.37. The summed E-state index contributed by atoms with van der Waals surface area (Å²) in [4.78, 5) is 11.2. The van der Waals surface area contributed by atoms with Crippen LogP contribution in [-0.2, 0) is 9.53 Å². The molecule has 0 saturated carbocycles. The predicted molar refractivity (Wildman–Crippen MR) is 68.4 cm³/mol. The molecular formula is C11H15Cl2NO2. The molecule has 0 aliphatic rings. The van der Waals surface area contributed by atoms with Crippen LogP contribution >= 0.6 is 24.0 Å². The lowest BCUT2D eigenvalue weighted by atomic mass is 10.3. The van der Waals surface area contributed by atoms with Crippen LogP contribution in [0.1, 0.15) is 13.8 Å². The van der Waals surface area contributed by atoms with Crippen LogP contribution in [0.5, 0.6) is 0 Å². The second kappa shape index (κ2) is 7.36. The fourth-order valence-corrected chi connectivity index (χ4v) is 1.28. The molecule has 0 bridgehead atoms. The molecule has 16 heavy (non-hydrogen) atoms. The Hall–Kier alpha value is -0.930. The van der Waals surface area contributed by atoms with E-state index in [2.05, 4.69) is 5.32 Å². The van der Waals surface area contributed by atoms with Crippen LogP contribution < -0.4 is 5.32 Å². The van der Waals surface area contributed by atoms with Gasteiger partial charge in [-0.25, -0.2) is 0 Å². The highest BCUT2D eigenvalue weighted by Gasteiger charge is 2.05. The maximum absolute atomic E-state index is 11.2. The van der Waals surface area contributed by atoms with E-state index < -0.39 is 0 Å². The Kier molecular flexibility index (Phi) is 6.93. The van der Waals surface area contributed by atoms with Crippen LogP contribution in [0.4, 0.5) is 5.69 Å². The average Bonchev–Trinajstić information content (AvgIpc) is 2.15. The molecule has 0 radical (unpaired) electrons. The molecule has 0 spiro atoms. The highest BCUT2D eigenvalue weighted by atomic mass is 35.5. The van der Waals surface area contributed by atoms with Gasteiger partial charge in [-0.3, -0.25) is 4.79 Å². The van der Waals surface area contributed by atoms with Crippen molar-refractivity contribution in [2.45, 2.75) is 20.0 Å². The summed E-state index contributed by atoms with van der Waals surface area (Å²) in [5.41, 5.74) is 0.736. The van der Waals surface area contributed by atoms with Crippen molar-refractivity contribution in [1.29, 1.82) is 0 Å². The maximum Gasteiger partial charge on any atom is 0.325 e. The summed E-state index contributed by atoms with van der Waals surface area (Å²) in [6, 6.07) is 7.25. The van der Waals surface area contributed by atoms with Crippen LogP contribution in [0.25, 0.3) is 0 Å². The second-order valence-corrected chi connectivity index (χ2v) is 3.78. The van der Waals surface area contributed by atoms with E-state index in [1.165, 1.54) is 0 Å². The van der Waals surface area contributed by atoms with E-state index >= 15 is 0 Å². The number of hydrogen-bond acceptors (Lipinski definition) is 3. The molecule has 0 saturated heterocycles. The third-order valence-corrected chi connectivity index (χ3v) is 1.99. The number of carbonyl (C=O) groups excluding carboxylic acids is 1. The summed E-state index contributed by atoms with van der Waals surface area (Å²) < 4.78 is 4.97. The lowest BCUT2D eigenvalue weighted by molar-refractivity contribution is -0.145. The van der Waals surface area contributed by atoms with Crippen molar-refractivity contribution in [1.82, 2.24) is 0 Å². The Bertz CT molecular complexity index is 343. The molecule has 3 nitrogen and oxygen atoms in total. The van der Waals surface area contributed by atoms with Crippen molar-refractivity contribution in [3.63, 3.8) is 0 Å². The van der Waals surface area contributed by atoms with Gasteiger partial charge in [0.25, 0.3) is 0 Å². The Morgan fingerprint density at radius 3 is 2.62 bits per heavy atom. The highest BCUT2D eigenvalue weighted by Crippen LogP contribution is 2.19. The Balaban J connectivity index is 0.00000225. The number of rotatable bonds is 4. The molecule has 0 unspecified atom stereocenters. The molecule has 0 amide bonds. The van der Waals surface area contributed by atoms with Crippen molar-refractivity contribution in [3.8, 4) is 0 Å². The number of para-hydroxylation sites is 1. The zero-order chi connectivity index (χ0) is 11.3. The number of benzene rings is 1. The van der Waals surface area contributed by atoms with Gasteiger partial charge in [-0.1, -0.05) is 23.7 Å². The number of esters is 1. The van der Waals surface area contributed by atoms with E-state index in [0.717, 1.165) is 5.69 Å². The normalized spacial score (nSPS) is 9.50. The van der Waals surface area contributed by atoms with Gasteiger partial charge in [0, 0.05) is 0 Å². The number of ether oxygens (including phenoxy) is 1. The molecule has 1 aromatic carbocycles. The Labute approximate surface area is 107 Å². The quantitative estimate of drug-likeness (QED) is 0.849. The van der Waals surface area contributed by atoms with Gasteiger partial charge in [0.1, 0.15) is 6.54 Å². The van der Waals surface area contributed by atoms with Crippen molar-refractivity contribution in [3.05, 3.63) is 29.3 Å². The van der Waals surface area contributed by atoms with Crippen molar-refractivity contribution in [2.24, 2.45) is 0 Å². The summed E-state index contributed by atoms with van der Waals surface area (Å²) in [7, 11) is 0. The molecule has 0 aliphatic carbocycles. The van der Waals surface area contributed by atoms with Crippen LogP contribution in [0, 0.1) is 0 Å². The smallest absolute Gasteiger partial charge is 0.325 e. The minimum atomic E-state index is -0.287. The maximum atomic E-state index is 11.2. The number of hydrogen-bond donors (Lipinski definition) is 1. The number of nitrogens with one attached hydrogen (secondary N) is 1. The third kappa shape index (κ3) is 5.24. The lowest BCUT2D eigenvalue weighted by Gasteiger charge is -2.10. The summed E-state index contributed by atoms with van der Waals surface area (Å²) in [6.45, 7) is 3.75. The van der Waals surface area contributed by atoms with E-state index in [1.807, 2.05) is 32.0 Å².